The molecule has 0 radical (unpaired) electrons. The Labute approximate surface area is 234 Å². The second-order valence-corrected chi connectivity index (χ2v) is 10.4. The molecular weight excluding hydrogens is 539 g/mol. The number of aromatic nitrogens is 6. The second-order valence-electron chi connectivity index (χ2n) is 9.59. The van der Waals surface area contributed by atoms with Gasteiger partial charge in [-0.25, -0.2) is 4.98 Å². The van der Waals surface area contributed by atoms with Crippen LogP contribution in [0.2, 0.25) is 10.2 Å². The number of benzene rings is 2. The zero-order valence-corrected chi connectivity index (χ0v) is 22.6. The van der Waals surface area contributed by atoms with E-state index in [0.29, 0.717) is 62.6 Å². The van der Waals surface area contributed by atoms with E-state index < -0.39 is 11.8 Å². The Kier molecular flexibility index (Phi) is 7.76. The van der Waals surface area contributed by atoms with Crippen LogP contribution in [0.1, 0.15) is 49.9 Å². The van der Waals surface area contributed by atoms with Crippen LogP contribution in [0.5, 0.6) is 0 Å². The molecule has 0 aliphatic carbocycles. The minimum Gasteiger partial charge on any atom is -0.366 e. The highest BCUT2D eigenvalue weighted by Gasteiger charge is 2.28. The standard InChI is InChI=1S/C27H26Cl2N8O2/c1-15-5-4-7-18(20(26(30)39)13-16-12-17(28)9-10-22(16)37-14-31-35-36-37)27-33-24(25(29)34-27)19-6-2-3-8-21(19)32-23(38)11-15/h2-3,6,8-10,12-15,18H,4-5,7,11H2,1H3,(H2,30,39)(H,32,38)(H,33,34)/t15-,18?/m0/s1. The van der Waals surface area contributed by atoms with Gasteiger partial charge in [-0.15, -0.1) is 5.10 Å². The molecule has 0 spiro atoms. The summed E-state index contributed by atoms with van der Waals surface area (Å²) in [6.07, 6.45) is 5.56. The van der Waals surface area contributed by atoms with Crippen LogP contribution in [-0.4, -0.2) is 42.0 Å². The van der Waals surface area contributed by atoms with Crippen molar-refractivity contribution in [2.45, 2.75) is 38.5 Å². The molecule has 39 heavy (non-hydrogen) atoms. The molecular formula is C27H26Cl2N8O2. The molecule has 2 aromatic heterocycles. The number of amides is 2. The number of hydrogen-bond donors (Lipinski definition) is 3. The number of tetrazole rings is 1. The number of H-pyrrole nitrogens is 1. The molecule has 12 heteroatoms. The van der Waals surface area contributed by atoms with Crippen molar-refractivity contribution in [2.75, 3.05) is 5.32 Å². The number of nitrogens with one attached hydrogen (secondary N) is 2. The molecule has 4 aromatic rings. The molecule has 0 saturated heterocycles. The van der Waals surface area contributed by atoms with E-state index in [2.05, 4.69) is 25.8 Å². The molecule has 2 aromatic carbocycles. The molecule has 200 valence electrons. The van der Waals surface area contributed by atoms with Gasteiger partial charge in [0.1, 0.15) is 23.0 Å². The first-order valence-corrected chi connectivity index (χ1v) is 13.2. The van der Waals surface area contributed by atoms with E-state index in [1.807, 2.05) is 31.2 Å². The molecule has 4 N–H and O–H groups in total. The molecule has 1 unspecified atom stereocenters. The van der Waals surface area contributed by atoms with Crippen LogP contribution >= 0.6 is 23.2 Å². The van der Waals surface area contributed by atoms with E-state index in [-0.39, 0.29) is 11.8 Å². The zero-order valence-electron chi connectivity index (χ0n) is 21.1. The summed E-state index contributed by atoms with van der Waals surface area (Å²) in [5, 5.41) is 15.2. The van der Waals surface area contributed by atoms with Crippen molar-refractivity contribution in [3.05, 3.63) is 75.9 Å². The molecule has 0 fully saturated rings. The maximum Gasteiger partial charge on any atom is 0.245 e. The van der Waals surface area contributed by atoms with Crippen LogP contribution < -0.4 is 11.1 Å². The van der Waals surface area contributed by atoms with Crippen LogP contribution in [0.4, 0.5) is 5.69 Å². The third-order valence-corrected chi connectivity index (χ3v) is 7.25. The highest BCUT2D eigenvalue weighted by atomic mass is 35.5. The first kappa shape index (κ1) is 26.6. The number of nitrogens with zero attached hydrogens (tertiary/aromatic N) is 5. The SMILES string of the molecule is C[C@H]1CCCC(C(=Cc2cc(Cl)ccc2-n2cnnn2)C(N)=O)c2nc(c(Cl)[nH]2)-c2ccccc2NC(=O)C1. The quantitative estimate of drug-likeness (QED) is 0.292. The molecule has 1 aliphatic heterocycles. The number of para-hydroxylation sites is 1. The van der Waals surface area contributed by atoms with Crippen molar-refractivity contribution in [3.8, 4) is 16.9 Å². The van der Waals surface area contributed by atoms with Gasteiger partial charge in [0, 0.05) is 34.1 Å². The van der Waals surface area contributed by atoms with E-state index in [4.69, 9.17) is 33.9 Å². The molecule has 10 nitrogen and oxygen atoms in total. The molecule has 0 saturated carbocycles. The molecule has 2 atom stereocenters. The monoisotopic (exact) mass is 564 g/mol. The van der Waals surface area contributed by atoms with E-state index in [1.165, 1.54) is 11.0 Å². The van der Waals surface area contributed by atoms with Crippen molar-refractivity contribution >= 4 is 46.8 Å². The fourth-order valence-corrected chi connectivity index (χ4v) is 5.29. The number of carbonyl (C=O) groups is 2. The van der Waals surface area contributed by atoms with Crippen molar-refractivity contribution < 1.29 is 9.59 Å². The van der Waals surface area contributed by atoms with Crippen LogP contribution in [0.15, 0.2) is 54.4 Å². The highest BCUT2D eigenvalue weighted by Crippen LogP contribution is 2.38. The smallest absolute Gasteiger partial charge is 0.245 e. The maximum absolute atomic E-state index is 13.0. The summed E-state index contributed by atoms with van der Waals surface area (Å²) >= 11 is 13.0. The normalized spacial score (nSPS) is 18.3. The minimum atomic E-state index is -0.605. The van der Waals surface area contributed by atoms with E-state index in [1.54, 1.807) is 24.3 Å². The van der Waals surface area contributed by atoms with Crippen molar-refractivity contribution in [3.63, 3.8) is 0 Å². The van der Waals surface area contributed by atoms with Gasteiger partial charge in [0.15, 0.2) is 0 Å². The second kappa shape index (κ2) is 11.4. The number of carbonyl (C=O) groups excluding carboxylic acids is 2. The predicted molar refractivity (Wildman–Crippen MR) is 149 cm³/mol. The summed E-state index contributed by atoms with van der Waals surface area (Å²) in [4.78, 5) is 33.7. The Morgan fingerprint density at radius 2 is 2.00 bits per heavy atom. The molecule has 3 heterocycles. The lowest BCUT2D eigenvalue weighted by atomic mass is 9.88. The first-order valence-electron chi connectivity index (χ1n) is 12.5. The Bertz CT molecular complexity index is 1550. The first-order chi connectivity index (χ1) is 18.8. The van der Waals surface area contributed by atoms with Crippen LogP contribution in [0, 0.1) is 5.92 Å². The number of imidazole rings is 1. The summed E-state index contributed by atoms with van der Waals surface area (Å²) in [5.74, 6) is -0.552. The number of fused-ring (bicyclic) bond motifs is 4. The zero-order chi connectivity index (χ0) is 27.5. The third-order valence-electron chi connectivity index (χ3n) is 6.74. The number of aromatic amines is 1. The average molecular weight is 565 g/mol. The number of hydrogen-bond acceptors (Lipinski definition) is 6. The Balaban J connectivity index is 1.65. The Hall–Kier alpha value is -4.02. The summed E-state index contributed by atoms with van der Waals surface area (Å²) in [6, 6.07) is 12.5. The predicted octanol–water partition coefficient (Wildman–Crippen LogP) is 5.16. The lowest BCUT2D eigenvalue weighted by molar-refractivity contribution is -0.117. The van der Waals surface area contributed by atoms with Crippen LogP contribution in [-0.2, 0) is 9.59 Å². The summed E-state index contributed by atoms with van der Waals surface area (Å²) in [5.41, 5.74) is 9.29. The van der Waals surface area contributed by atoms with Gasteiger partial charge in [-0.05, 0) is 53.1 Å². The largest absolute Gasteiger partial charge is 0.366 e. The lowest BCUT2D eigenvalue weighted by Gasteiger charge is -2.19. The lowest BCUT2D eigenvalue weighted by Crippen LogP contribution is -2.21. The molecule has 2 bridgehead atoms. The Morgan fingerprint density at radius 3 is 2.77 bits per heavy atom. The minimum absolute atomic E-state index is 0.0774. The average Bonchev–Trinajstić information content (AvgIpc) is 3.55. The Morgan fingerprint density at radius 1 is 1.18 bits per heavy atom. The van der Waals surface area contributed by atoms with Crippen molar-refractivity contribution in [2.24, 2.45) is 11.7 Å². The number of anilines is 1. The highest BCUT2D eigenvalue weighted by molar-refractivity contribution is 6.32. The molecule has 5 rings (SSSR count). The van der Waals surface area contributed by atoms with Gasteiger partial charge in [-0.2, -0.15) is 4.68 Å². The van der Waals surface area contributed by atoms with Gasteiger partial charge in [-0.3, -0.25) is 9.59 Å². The van der Waals surface area contributed by atoms with Gasteiger partial charge < -0.3 is 16.0 Å². The van der Waals surface area contributed by atoms with Gasteiger partial charge in [0.25, 0.3) is 0 Å². The summed E-state index contributed by atoms with van der Waals surface area (Å²) in [6.45, 7) is 2.04. The maximum atomic E-state index is 13.0. The van der Waals surface area contributed by atoms with Gasteiger partial charge in [-0.1, -0.05) is 61.2 Å². The topological polar surface area (TPSA) is 144 Å². The number of rotatable bonds is 4. The van der Waals surface area contributed by atoms with Gasteiger partial charge >= 0.3 is 0 Å². The van der Waals surface area contributed by atoms with E-state index >= 15 is 0 Å². The number of nitrogens with two attached hydrogens (primary N) is 1. The van der Waals surface area contributed by atoms with Gasteiger partial charge in [0.2, 0.25) is 11.8 Å². The van der Waals surface area contributed by atoms with E-state index in [9.17, 15) is 9.59 Å². The van der Waals surface area contributed by atoms with Crippen LogP contribution in [0.3, 0.4) is 0 Å². The van der Waals surface area contributed by atoms with Crippen molar-refractivity contribution in [1.29, 1.82) is 0 Å². The summed E-state index contributed by atoms with van der Waals surface area (Å²) < 4.78 is 1.48. The third kappa shape index (κ3) is 5.86. The number of primary amides is 1. The number of halogens is 2. The van der Waals surface area contributed by atoms with Gasteiger partial charge in [0.05, 0.1) is 11.4 Å². The summed E-state index contributed by atoms with van der Waals surface area (Å²) in [7, 11) is 0. The fourth-order valence-electron chi connectivity index (χ4n) is 4.87. The fraction of sp³-hybridized carbons (Fsp3) is 0.259. The molecule has 2 amide bonds. The molecule has 1 aliphatic rings. The van der Waals surface area contributed by atoms with Crippen LogP contribution in [0.25, 0.3) is 23.0 Å². The van der Waals surface area contributed by atoms with E-state index in [0.717, 1.165) is 12.8 Å². The van der Waals surface area contributed by atoms with Crippen molar-refractivity contribution in [1.82, 2.24) is 30.2 Å².